The molecule has 0 saturated heterocycles. The maximum Gasteiger partial charge on any atom is 0.191 e. The number of rotatable bonds is 5. The third-order valence-electron chi connectivity index (χ3n) is 3.99. The summed E-state index contributed by atoms with van der Waals surface area (Å²) >= 11 is 9.89. The summed E-state index contributed by atoms with van der Waals surface area (Å²) in [5.41, 5.74) is 1.20. The van der Waals surface area contributed by atoms with Crippen molar-refractivity contribution in [2.75, 3.05) is 5.75 Å². The van der Waals surface area contributed by atoms with Crippen LogP contribution in [0.25, 0.3) is 26.9 Å². The summed E-state index contributed by atoms with van der Waals surface area (Å²) in [6, 6.07) is 18.4. The highest BCUT2D eigenvalue weighted by Crippen LogP contribution is 2.41. The van der Waals surface area contributed by atoms with E-state index in [1.807, 2.05) is 48.0 Å². The average Bonchev–Trinajstić information content (AvgIpc) is 3.20. The predicted molar refractivity (Wildman–Crippen MR) is 113 cm³/mol. The molecule has 0 fully saturated rings. The fraction of sp³-hybridized carbons (Fsp3) is 0.100. The molecule has 0 bridgehead atoms. The van der Waals surface area contributed by atoms with Gasteiger partial charge in [-0.05, 0) is 11.6 Å². The topological polar surface area (TPSA) is 30.7 Å². The van der Waals surface area contributed by atoms with Crippen LogP contribution in [0, 0.1) is 0 Å². The number of thiophene rings is 1. The normalized spacial score (nSPS) is 11.6. The van der Waals surface area contributed by atoms with Crippen LogP contribution in [-0.4, -0.2) is 20.5 Å². The van der Waals surface area contributed by atoms with Gasteiger partial charge in [-0.15, -0.1) is 21.5 Å². The molecule has 26 heavy (non-hydrogen) atoms. The maximum atomic E-state index is 6.58. The average molecular weight is 398 g/mol. The molecule has 130 valence electrons. The first-order valence-electron chi connectivity index (χ1n) is 8.15. The third-order valence-corrected chi connectivity index (χ3v) is 6.64. The van der Waals surface area contributed by atoms with E-state index in [9.17, 15) is 0 Å². The molecule has 2 aromatic carbocycles. The van der Waals surface area contributed by atoms with Crippen molar-refractivity contribution in [1.82, 2.24) is 14.8 Å². The van der Waals surface area contributed by atoms with Crippen LogP contribution >= 0.6 is 34.7 Å². The molecule has 0 unspecified atom stereocenters. The molecule has 4 rings (SSSR count). The van der Waals surface area contributed by atoms with Gasteiger partial charge in [0.25, 0.3) is 0 Å². The fourth-order valence-electron chi connectivity index (χ4n) is 2.67. The number of benzene rings is 2. The lowest BCUT2D eigenvalue weighted by molar-refractivity contribution is 0.796. The first kappa shape index (κ1) is 17.3. The van der Waals surface area contributed by atoms with Crippen molar-refractivity contribution in [3.05, 3.63) is 71.3 Å². The van der Waals surface area contributed by atoms with Gasteiger partial charge in [0.15, 0.2) is 11.0 Å². The Balaban J connectivity index is 1.52. The quantitative estimate of drug-likeness (QED) is 0.378. The van der Waals surface area contributed by atoms with Gasteiger partial charge in [-0.2, -0.15) is 0 Å². The van der Waals surface area contributed by atoms with E-state index in [0.717, 1.165) is 36.7 Å². The van der Waals surface area contributed by atoms with E-state index in [-0.39, 0.29) is 0 Å². The summed E-state index contributed by atoms with van der Waals surface area (Å²) in [6.45, 7) is 0. The zero-order valence-electron chi connectivity index (χ0n) is 14.1. The number of hydrogen-bond acceptors (Lipinski definition) is 4. The van der Waals surface area contributed by atoms with Crippen LogP contribution < -0.4 is 0 Å². The van der Waals surface area contributed by atoms with Gasteiger partial charge in [0.05, 0.1) is 9.90 Å². The summed E-state index contributed by atoms with van der Waals surface area (Å²) in [5, 5.41) is 11.4. The zero-order chi connectivity index (χ0) is 17.9. The van der Waals surface area contributed by atoms with Crippen molar-refractivity contribution in [2.24, 2.45) is 7.05 Å². The molecule has 6 heteroatoms. The van der Waals surface area contributed by atoms with E-state index in [0.29, 0.717) is 0 Å². The van der Waals surface area contributed by atoms with Gasteiger partial charge in [-0.3, -0.25) is 0 Å². The maximum absolute atomic E-state index is 6.58. The predicted octanol–water partition coefficient (Wildman–Crippen LogP) is 6.16. The molecule has 2 heterocycles. The zero-order valence-corrected chi connectivity index (χ0v) is 16.5. The van der Waals surface area contributed by atoms with Crippen molar-refractivity contribution in [1.29, 1.82) is 0 Å². The van der Waals surface area contributed by atoms with Gasteiger partial charge < -0.3 is 4.57 Å². The van der Waals surface area contributed by atoms with Crippen molar-refractivity contribution in [2.45, 2.75) is 5.16 Å². The van der Waals surface area contributed by atoms with E-state index in [4.69, 9.17) is 11.6 Å². The Bertz CT molecular complexity index is 1070. The fourth-order valence-corrected chi connectivity index (χ4v) is 4.92. The second kappa shape index (κ2) is 7.66. The second-order valence-electron chi connectivity index (χ2n) is 5.73. The van der Waals surface area contributed by atoms with Crippen molar-refractivity contribution in [3.63, 3.8) is 0 Å². The molecular formula is C20H16ClN3S2. The lowest BCUT2D eigenvalue weighted by Gasteiger charge is -2.01. The molecule has 0 aliphatic heterocycles. The lowest BCUT2D eigenvalue weighted by Crippen LogP contribution is -1.94. The van der Waals surface area contributed by atoms with Crippen LogP contribution in [0.3, 0.4) is 0 Å². The molecule has 0 atom stereocenters. The molecule has 0 aliphatic carbocycles. The number of aromatic nitrogens is 3. The van der Waals surface area contributed by atoms with Crippen LogP contribution in [0.1, 0.15) is 5.56 Å². The first-order chi connectivity index (χ1) is 12.7. The number of halogens is 1. The standard InChI is InChI=1S/C20H16ClN3S2/c1-24-19(18-17(21)15-11-5-6-12-16(15)26-18)22-23-20(24)25-13-7-10-14-8-3-2-4-9-14/h2-12H,13H2,1H3. The molecular weight excluding hydrogens is 382 g/mol. The Hall–Kier alpha value is -2.08. The molecule has 0 saturated carbocycles. The lowest BCUT2D eigenvalue weighted by atomic mass is 10.2. The second-order valence-corrected chi connectivity index (χ2v) is 8.15. The Morgan fingerprint density at radius 1 is 1.08 bits per heavy atom. The van der Waals surface area contributed by atoms with Gasteiger partial charge in [0, 0.05) is 22.9 Å². The molecule has 0 spiro atoms. The van der Waals surface area contributed by atoms with Crippen molar-refractivity contribution < 1.29 is 0 Å². The van der Waals surface area contributed by atoms with Crippen LogP contribution in [-0.2, 0) is 7.05 Å². The van der Waals surface area contributed by atoms with Crippen molar-refractivity contribution >= 4 is 50.9 Å². The Kier molecular flexibility index (Phi) is 5.11. The monoisotopic (exact) mass is 397 g/mol. The summed E-state index contributed by atoms with van der Waals surface area (Å²) in [4.78, 5) is 0.967. The van der Waals surface area contributed by atoms with Crippen molar-refractivity contribution in [3.8, 4) is 10.7 Å². The first-order valence-corrected chi connectivity index (χ1v) is 10.3. The van der Waals surface area contributed by atoms with Gasteiger partial charge in [-0.25, -0.2) is 0 Å². The molecule has 2 aromatic heterocycles. The number of hydrogen-bond donors (Lipinski definition) is 0. The molecule has 0 radical (unpaired) electrons. The van der Waals surface area contributed by atoms with Gasteiger partial charge in [0.2, 0.25) is 0 Å². The smallest absolute Gasteiger partial charge is 0.191 e. The van der Waals surface area contributed by atoms with Crippen LogP contribution in [0.2, 0.25) is 5.02 Å². The minimum Gasteiger partial charge on any atom is -0.304 e. The number of fused-ring (bicyclic) bond motifs is 1. The van der Waals surface area contributed by atoms with E-state index >= 15 is 0 Å². The molecule has 0 amide bonds. The Labute approximate surface area is 165 Å². The van der Waals surface area contributed by atoms with Gasteiger partial charge in [0.1, 0.15) is 0 Å². The highest BCUT2D eigenvalue weighted by molar-refractivity contribution is 7.99. The van der Waals surface area contributed by atoms with Crippen LogP contribution in [0.15, 0.2) is 65.8 Å². The van der Waals surface area contributed by atoms with Gasteiger partial charge >= 0.3 is 0 Å². The molecule has 4 aromatic rings. The Morgan fingerprint density at radius 2 is 1.85 bits per heavy atom. The Morgan fingerprint density at radius 3 is 2.65 bits per heavy atom. The SMILES string of the molecule is Cn1c(SCC=Cc2ccccc2)nnc1-c1sc2ccccc2c1Cl. The number of thioether (sulfide) groups is 1. The largest absolute Gasteiger partial charge is 0.304 e. The molecule has 0 N–H and O–H groups in total. The van der Waals surface area contributed by atoms with E-state index < -0.39 is 0 Å². The highest BCUT2D eigenvalue weighted by Gasteiger charge is 2.18. The minimum absolute atomic E-state index is 0.752. The van der Waals surface area contributed by atoms with E-state index in [1.165, 1.54) is 5.56 Å². The minimum atomic E-state index is 0.752. The van der Waals surface area contributed by atoms with E-state index in [1.54, 1.807) is 23.1 Å². The number of nitrogens with zero attached hydrogens (tertiary/aromatic N) is 3. The summed E-state index contributed by atoms with van der Waals surface area (Å²) in [7, 11) is 1.99. The van der Waals surface area contributed by atoms with Crippen LogP contribution in [0.5, 0.6) is 0 Å². The van der Waals surface area contributed by atoms with Gasteiger partial charge in [-0.1, -0.05) is 84.0 Å². The third kappa shape index (κ3) is 3.43. The van der Waals surface area contributed by atoms with E-state index in [2.05, 4.69) is 40.5 Å². The summed E-state index contributed by atoms with van der Waals surface area (Å²) < 4.78 is 3.17. The summed E-state index contributed by atoms with van der Waals surface area (Å²) in [5.74, 6) is 1.65. The molecule has 0 aliphatic rings. The van der Waals surface area contributed by atoms with Crippen LogP contribution in [0.4, 0.5) is 0 Å². The highest BCUT2D eigenvalue weighted by atomic mass is 35.5. The molecule has 3 nitrogen and oxygen atoms in total. The summed E-state index contributed by atoms with van der Waals surface area (Å²) in [6.07, 6.45) is 4.26.